The summed E-state index contributed by atoms with van der Waals surface area (Å²) < 4.78 is 0. The molecule has 0 spiro atoms. The van der Waals surface area contributed by atoms with Gasteiger partial charge in [-0.2, -0.15) is 0 Å². The number of nitrogens with two attached hydrogens (primary N) is 2. The lowest BCUT2D eigenvalue weighted by Gasteiger charge is -1.94. The van der Waals surface area contributed by atoms with Gasteiger partial charge in [-0.15, -0.1) is 0 Å². The zero-order valence-corrected chi connectivity index (χ0v) is 6.87. The van der Waals surface area contributed by atoms with E-state index in [1.807, 2.05) is 6.07 Å². The Bertz CT molecular complexity index is 473. The summed E-state index contributed by atoms with van der Waals surface area (Å²) in [5, 5.41) is 0.771. The molecule has 1 aromatic carbocycles. The molecule has 1 amide bonds. The molecule has 4 nitrogen and oxygen atoms in total. The molecule has 0 saturated carbocycles. The number of nitrogens with one attached hydrogen (secondary N) is 1. The Morgan fingerprint density at radius 1 is 1.38 bits per heavy atom. The summed E-state index contributed by atoms with van der Waals surface area (Å²) in [6.45, 7) is 0. The number of anilines is 1. The molecule has 0 aliphatic rings. The van der Waals surface area contributed by atoms with Crippen molar-refractivity contribution in [2.45, 2.75) is 0 Å². The lowest BCUT2D eigenvalue weighted by molar-refractivity contribution is 0.100. The van der Waals surface area contributed by atoms with Gasteiger partial charge in [-0.25, -0.2) is 0 Å². The van der Waals surface area contributed by atoms with E-state index in [0.717, 1.165) is 10.9 Å². The molecule has 0 radical (unpaired) electrons. The fourth-order valence-corrected chi connectivity index (χ4v) is 1.34. The maximum Gasteiger partial charge on any atom is 0.250 e. The van der Waals surface area contributed by atoms with Gasteiger partial charge in [0, 0.05) is 22.8 Å². The highest BCUT2D eigenvalue weighted by molar-refractivity contribution is 6.06. The van der Waals surface area contributed by atoms with E-state index in [1.54, 1.807) is 18.3 Å². The first-order chi connectivity index (χ1) is 6.18. The number of rotatable bonds is 1. The molecule has 66 valence electrons. The largest absolute Gasteiger partial charge is 0.399 e. The van der Waals surface area contributed by atoms with Crippen LogP contribution in [0.2, 0.25) is 0 Å². The van der Waals surface area contributed by atoms with Crippen LogP contribution in [0, 0.1) is 0 Å². The summed E-state index contributed by atoms with van der Waals surface area (Å²) in [5.74, 6) is -0.447. The molecule has 2 aromatic rings. The second-order valence-corrected chi connectivity index (χ2v) is 2.87. The molecule has 0 saturated heterocycles. The average molecular weight is 175 g/mol. The van der Waals surface area contributed by atoms with Crippen LogP contribution in [0.4, 0.5) is 5.69 Å². The molecule has 2 rings (SSSR count). The average Bonchev–Trinajstić information content (AvgIpc) is 2.46. The van der Waals surface area contributed by atoms with E-state index < -0.39 is 5.91 Å². The standard InChI is InChI=1S/C9H9N3O/c10-5-1-2-8-6(3-5)7(4-12-8)9(11)13/h1-4,12H,10H2,(H2,11,13). The molecule has 1 aromatic heterocycles. The van der Waals surface area contributed by atoms with Gasteiger partial charge in [-0.05, 0) is 18.2 Å². The van der Waals surface area contributed by atoms with Crippen molar-refractivity contribution in [1.29, 1.82) is 0 Å². The molecule has 5 N–H and O–H groups in total. The van der Waals surface area contributed by atoms with Crippen molar-refractivity contribution in [3.63, 3.8) is 0 Å². The Kier molecular flexibility index (Phi) is 1.48. The number of aromatic amines is 1. The summed E-state index contributed by atoms with van der Waals surface area (Å²) in [5.41, 5.74) is 12.7. The zero-order chi connectivity index (χ0) is 9.42. The van der Waals surface area contributed by atoms with Gasteiger partial charge < -0.3 is 16.5 Å². The number of benzene rings is 1. The number of primary amides is 1. The molecule has 1 heterocycles. The summed E-state index contributed by atoms with van der Waals surface area (Å²) in [6.07, 6.45) is 1.59. The summed E-state index contributed by atoms with van der Waals surface area (Å²) in [7, 11) is 0. The number of amides is 1. The van der Waals surface area contributed by atoms with Crippen molar-refractivity contribution >= 4 is 22.5 Å². The van der Waals surface area contributed by atoms with Crippen LogP contribution in [0.5, 0.6) is 0 Å². The third-order valence-electron chi connectivity index (χ3n) is 1.97. The van der Waals surface area contributed by atoms with Crippen LogP contribution in [0.1, 0.15) is 10.4 Å². The van der Waals surface area contributed by atoms with Gasteiger partial charge in [0.15, 0.2) is 0 Å². The van der Waals surface area contributed by atoms with E-state index >= 15 is 0 Å². The predicted molar refractivity (Wildman–Crippen MR) is 51.2 cm³/mol. The van der Waals surface area contributed by atoms with Crippen LogP contribution in [-0.2, 0) is 0 Å². The minimum absolute atomic E-state index is 0.447. The molecule has 0 bridgehead atoms. The van der Waals surface area contributed by atoms with E-state index in [0.29, 0.717) is 11.3 Å². The lowest BCUT2D eigenvalue weighted by Crippen LogP contribution is -2.09. The van der Waals surface area contributed by atoms with Crippen molar-refractivity contribution in [1.82, 2.24) is 4.98 Å². The van der Waals surface area contributed by atoms with Crippen LogP contribution in [0.25, 0.3) is 10.9 Å². The second kappa shape index (κ2) is 2.52. The van der Waals surface area contributed by atoms with Gasteiger partial charge in [0.1, 0.15) is 0 Å². The molecule has 0 atom stereocenters. The number of H-pyrrole nitrogens is 1. The first-order valence-electron chi connectivity index (χ1n) is 3.85. The van der Waals surface area contributed by atoms with Gasteiger partial charge in [-0.3, -0.25) is 4.79 Å². The Balaban J connectivity index is 2.79. The van der Waals surface area contributed by atoms with Crippen LogP contribution in [-0.4, -0.2) is 10.9 Å². The second-order valence-electron chi connectivity index (χ2n) is 2.87. The summed E-state index contributed by atoms with van der Waals surface area (Å²) >= 11 is 0. The molecule has 13 heavy (non-hydrogen) atoms. The molecule has 0 unspecified atom stereocenters. The highest BCUT2D eigenvalue weighted by Crippen LogP contribution is 2.20. The van der Waals surface area contributed by atoms with Crippen LogP contribution in [0.15, 0.2) is 24.4 Å². The maximum absolute atomic E-state index is 10.9. The number of carbonyl (C=O) groups excluding carboxylic acids is 1. The number of aromatic nitrogens is 1. The van der Waals surface area contributed by atoms with Gasteiger partial charge in [0.25, 0.3) is 5.91 Å². The van der Waals surface area contributed by atoms with Gasteiger partial charge in [-0.1, -0.05) is 0 Å². The van der Waals surface area contributed by atoms with E-state index in [9.17, 15) is 4.79 Å². The molecular formula is C9H9N3O. The fraction of sp³-hybridized carbons (Fsp3) is 0. The first kappa shape index (κ1) is 7.67. The van der Waals surface area contributed by atoms with Gasteiger partial charge >= 0.3 is 0 Å². The molecule has 0 fully saturated rings. The lowest BCUT2D eigenvalue weighted by atomic mass is 10.1. The number of fused-ring (bicyclic) bond motifs is 1. The summed E-state index contributed by atoms with van der Waals surface area (Å²) in [6, 6.07) is 5.31. The van der Waals surface area contributed by atoms with Crippen molar-refractivity contribution in [3.05, 3.63) is 30.0 Å². The van der Waals surface area contributed by atoms with E-state index in [-0.39, 0.29) is 0 Å². The highest BCUT2D eigenvalue weighted by Gasteiger charge is 2.07. The number of hydrogen-bond acceptors (Lipinski definition) is 2. The molecular weight excluding hydrogens is 166 g/mol. The normalized spacial score (nSPS) is 10.5. The van der Waals surface area contributed by atoms with Crippen molar-refractivity contribution < 1.29 is 4.79 Å². The van der Waals surface area contributed by atoms with Crippen molar-refractivity contribution in [2.75, 3.05) is 5.73 Å². The third kappa shape index (κ3) is 1.12. The topological polar surface area (TPSA) is 84.9 Å². The zero-order valence-electron chi connectivity index (χ0n) is 6.87. The quantitative estimate of drug-likeness (QED) is 0.561. The van der Waals surface area contributed by atoms with E-state index in [2.05, 4.69) is 4.98 Å². The highest BCUT2D eigenvalue weighted by atomic mass is 16.1. The Morgan fingerprint density at radius 3 is 2.85 bits per heavy atom. The van der Waals surface area contributed by atoms with Crippen molar-refractivity contribution in [2.24, 2.45) is 5.73 Å². The third-order valence-corrected chi connectivity index (χ3v) is 1.97. The maximum atomic E-state index is 10.9. The first-order valence-corrected chi connectivity index (χ1v) is 3.85. The molecule has 4 heteroatoms. The van der Waals surface area contributed by atoms with E-state index in [4.69, 9.17) is 11.5 Å². The van der Waals surface area contributed by atoms with Crippen LogP contribution < -0.4 is 11.5 Å². The minimum atomic E-state index is -0.447. The number of carbonyl (C=O) groups is 1. The van der Waals surface area contributed by atoms with Crippen LogP contribution >= 0.6 is 0 Å². The van der Waals surface area contributed by atoms with Crippen molar-refractivity contribution in [3.8, 4) is 0 Å². The fourth-order valence-electron chi connectivity index (χ4n) is 1.34. The smallest absolute Gasteiger partial charge is 0.250 e. The summed E-state index contributed by atoms with van der Waals surface area (Å²) in [4.78, 5) is 13.9. The molecule has 0 aliphatic carbocycles. The molecule has 0 aliphatic heterocycles. The van der Waals surface area contributed by atoms with E-state index in [1.165, 1.54) is 0 Å². The van der Waals surface area contributed by atoms with Crippen LogP contribution in [0.3, 0.4) is 0 Å². The predicted octanol–water partition coefficient (Wildman–Crippen LogP) is 0.849. The minimum Gasteiger partial charge on any atom is -0.399 e. The monoisotopic (exact) mass is 175 g/mol. The van der Waals surface area contributed by atoms with Gasteiger partial charge in [0.05, 0.1) is 5.56 Å². The number of nitrogen functional groups attached to an aromatic ring is 1. The van der Waals surface area contributed by atoms with Gasteiger partial charge in [0.2, 0.25) is 0 Å². The Hall–Kier alpha value is -1.97. The SMILES string of the molecule is NC(=O)c1c[nH]c2ccc(N)cc12. The Labute approximate surface area is 74.5 Å². The number of hydrogen-bond donors (Lipinski definition) is 3. The Morgan fingerprint density at radius 2 is 2.15 bits per heavy atom.